The van der Waals surface area contributed by atoms with Gasteiger partial charge in [-0.25, -0.2) is 4.68 Å². The van der Waals surface area contributed by atoms with Crippen molar-refractivity contribution >= 4 is 21.9 Å². The number of furan rings is 1. The summed E-state index contributed by atoms with van der Waals surface area (Å²) in [7, 11) is 1.64. The molecule has 21 heavy (non-hydrogen) atoms. The molecule has 4 aromatic rings. The summed E-state index contributed by atoms with van der Waals surface area (Å²) in [6.45, 7) is 0. The Bertz CT molecular complexity index is 1030. The van der Waals surface area contributed by atoms with Crippen molar-refractivity contribution in [3.05, 3.63) is 65.0 Å². The highest BCUT2D eigenvalue weighted by Crippen LogP contribution is 2.34. The number of para-hydroxylation sites is 2. The van der Waals surface area contributed by atoms with Gasteiger partial charge in [0.2, 0.25) is 0 Å². The summed E-state index contributed by atoms with van der Waals surface area (Å²) in [6, 6.07) is 17.2. The fourth-order valence-electron chi connectivity index (χ4n) is 2.59. The third-order valence-electron chi connectivity index (χ3n) is 3.64. The van der Waals surface area contributed by atoms with Gasteiger partial charge in [-0.05, 0) is 18.2 Å². The Kier molecular flexibility index (Phi) is 2.44. The van der Waals surface area contributed by atoms with Crippen LogP contribution >= 0.6 is 0 Å². The minimum Gasteiger partial charge on any atom is -0.455 e. The maximum absolute atomic E-state index is 11.5. The maximum atomic E-state index is 11.5. The average Bonchev–Trinajstić information content (AvgIpc) is 2.89. The Morgan fingerprint density at radius 3 is 2.62 bits per heavy atom. The molecule has 2 aromatic carbocycles. The summed E-state index contributed by atoms with van der Waals surface area (Å²) in [5.41, 5.74) is 3.13. The molecule has 0 aliphatic carbocycles. The lowest BCUT2D eigenvalue weighted by Crippen LogP contribution is -2.18. The predicted molar refractivity (Wildman–Crippen MR) is 82.2 cm³/mol. The van der Waals surface area contributed by atoms with E-state index in [4.69, 9.17) is 4.42 Å². The van der Waals surface area contributed by atoms with Crippen molar-refractivity contribution in [3.8, 4) is 11.3 Å². The summed E-state index contributed by atoms with van der Waals surface area (Å²) in [5.74, 6) is 0. The Morgan fingerprint density at radius 2 is 1.76 bits per heavy atom. The predicted octanol–water partition coefficient (Wildman–Crippen LogP) is 3.35. The van der Waals surface area contributed by atoms with Gasteiger partial charge in [0.25, 0.3) is 5.56 Å². The molecule has 0 bridgehead atoms. The second kappa shape index (κ2) is 4.31. The molecule has 0 aliphatic heterocycles. The van der Waals surface area contributed by atoms with Gasteiger partial charge < -0.3 is 4.42 Å². The van der Waals surface area contributed by atoms with Gasteiger partial charge in [0.05, 0.1) is 5.69 Å². The van der Waals surface area contributed by atoms with Crippen LogP contribution in [0, 0.1) is 0 Å². The molecule has 4 rings (SSSR count). The molecule has 102 valence electrons. The third kappa shape index (κ3) is 1.76. The molecule has 0 fully saturated rings. The van der Waals surface area contributed by atoms with Crippen molar-refractivity contribution in [2.75, 3.05) is 0 Å². The number of aryl methyl sites for hydroxylation is 1. The maximum Gasteiger partial charge on any atom is 0.266 e. The van der Waals surface area contributed by atoms with Crippen LogP contribution in [0.4, 0.5) is 0 Å². The molecule has 2 aromatic heterocycles. The van der Waals surface area contributed by atoms with Crippen LogP contribution in [0.25, 0.3) is 33.2 Å². The van der Waals surface area contributed by atoms with Crippen molar-refractivity contribution in [2.45, 2.75) is 0 Å². The van der Waals surface area contributed by atoms with E-state index in [9.17, 15) is 4.79 Å². The summed E-state index contributed by atoms with van der Waals surface area (Å²) in [6.07, 6.45) is 0. The zero-order valence-electron chi connectivity index (χ0n) is 11.4. The number of nitrogens with zero attached hydrogens (tertiary/aromatic N) is 2. The van der Waals surface area contributed by atoms with E-state index >= 15 is 0 Å². The van der Waals surface area contributed by atoms with E-state index in [1.165, 1.54) is 10.7 Å². The molecule has 4 heteroatoms. The topological polar surface area (TPSA) is 48.0 Å². The van der Waals surface area contributed by atoms with E-state index in [2.05, 4.69) is 5.10 Å². The Balaban J connectivity index is 2.08. The lowest BCUT2D eigenvalue weighted by Gasteiger charge is -2.03. The van der Waals surface area contributed by atoms with Gasteiger partial charge in [-0.1, -0.05) is 30.3 Å². The van der Waals surface area contributed by atoms with E-state index in [1.54, 1.807) is 13.1 Å². The number of fused-ring (bicyclic) bond motifs is 3. The van der Waals surface area contributed by atoms with Gasteiger partial charge in [0.15, 0.2) is 0 Å². The van der Waals surface area contributed by atoms with Crippen LogP contribution in [0.2, 0.25) is 0 Å². The second-order valence-corrected chi connectivity index (χ2v) is 4.96. The average molecular weight is 276 g/mol. The van der Waals surface area contributed by atoms with Crippen LogP contribution in [0.15, 0.2) is 63.8 Å². The van der Waals surface area contributed by atoms with Crippen LogP contribution < -0.4 is 5.56 Å². The number of hydrogen-bond acceptors (Lipinski definition) is 3. The molecular formula is C17H12N2O2. The molecule has 0 unspecified atom stereocenters. The Hall–Kier alpha value is -2.88. The zero-order valence-corrected chi connectivity index (χ0v) is 11.4. The normalized spacial score (nSPS) is 11.3. The fraction of sp³-hybridized carbons (Fsp3) is 0.0588. The molecule has 0 N–H and O–H groups in total. The third-order valence-corrected chi connectivity index (χ3v) is 3.64. The molecule has 0 spiro atoms. The van der Waals surface area contributed by atoms with Gasteiger partial charge in [-0.2, -0.15) is 5.10 Å². The highest BCUT2D eigenvalue weighted by Gasteiger charge is 2.12. The first-order valence-electron chi connectivity index (χ1n) is 6.69. The standard InChI is InChI=1S/C17H12N2O2/c1-19-16(20)10-9-14(18-19)13-7-4-6-12-11-5-2-3-8-15(11)21-17(12)13/h2-10H,1H3. The van der Waals surface area contributed by atoms with E-state index in [0.717, 1.165) is 33.2 Å². The molecule has 0 atom stereocenters. The first-order valence-corrected chi connectivity index (χ1v) is 6.69. The second-order valence-electron chi connectivity index (χ2n) is 4.96. The van der Waals surface area contributed by atoms with Crippen molar-refractivity contribution in [1.29, 1.82) is 0 Å². The van der Waals surface area contributed by atoms with Crippen molar-refractivity contribution in [2.24, 2.45) is 7.05 Å². The van der Waals surface area contributed by atoms with Crippen molar-refractivity contribution < 1.29 is 4.42 Å². The first-order chi connectivity index (χ1) is 10.2. The highest BCUT2D eigenvalue weighted by atomic mass is 16.3. The van der Waals surface area contributed by atoms with Gasteiger partial charge in [-0.15, -0.1) is 0 Å². The van der Waals surface area contributed by atoms with Crippen molar-refractivity contribution in [3.63, 3.8) is 0 Å². The van der Waals surface area contributed by atoms with E-state index in [0.29, 0.717) is 0 Å². The van der Waals surface area contributed by atoms with Gasteiger partial charge in [0.1, 0.15) is 11.2 Å². The minimum absolute atomic E-state index is 0.129. The molecular weight excluding hydrogens is 264 g/mol. The van der Waals surface area contributed by atoms with Crippen molar-refractivity contribution in [1.82, 2.24) is 9.78 Å². The molecule has 0 amide bonds. The lowest BCUT2D eigenvalue weighted by molar-refractivity contribution is 0.668. The molecule has 0 saturated carbocycles. The lowest BCUT2D eigenvalue weighted by atomic mass is 10.1. The summed E-state index contributed by atoms with van der Waals surface area (Å²) < 4.78 is 7.31. The molecule has 0 aliphatic rings. The molecule has 2 heterocycles. The largest absolute Gasteiger partial charge is 0.455 e. The highest BCUT2D eigenvalue weighted by molar-refractivity contribution is 6.09. The molecule has 4 nitrogen and oxygen atoms in total. The smallest absolute Gasteiger partial charge is 0.266 e. The van der Waals surface area contributed by atoms with Crippen LogP contribution in [0.5, 0.6) is 0 Å². The van der Waals surface area contributed by atoms with Gasteiger partial charge in [0, 0.05) is 29.4 Å². The monoisotopic (exact) mass is 276 g/mol. The number of rotatable bonds is 1. The van der Waals surface area contributed by atoms with E-state index in [-0.39, 0.29) is 5.56 Å². The molecule has 0 radical (unpaired) electrons. The summed E-state index contributed by atoms with van der Waals surface area (Å²) in [4.78, 5) is 11.5. The first kappa shape index (κ1) is 11.9. The fourth-order valence-corrected chi connectivity index (χ4v) is 2.59. The van der Waals surface area contributed by atoms with E-state index in [1.807, 2.05) is 42.5 Å². The van der Waals surface area contributed by atoms with Crippen LogP contribution in [-0.4, -0.2) is 9.78 Å². The Morgan fingerprint density at radius 1 is 0.952 bits per heavy atom. The number of hydrogen-bond donors (Lipinski definition) is 0. The molecule has 0 saturated heterocycles. The SMILES string of the molecule is Cn1nc(-c2cccc3c2oc2ccccc23)ccc1=O. The number of aromatic nitrogens is 2. The van der Waals surface area contributed by atoms with Crippen LogP contribution in [0.3, 0.4) is 0 Å². The van der Waals surface area contributed by atoms with Crippen LogP contribution in [-0.2, 0) is 7.05 Å². The Labute approximate surface area is 120 Å². The summed E-state index contributed by atoms with van der Waals surface area (Å²) >= 11 is 0. The number of benzene rings is 2. The van der Waals surface area contributed by atoms with Crippen LogP contribution in [0.1, 0.15) is 0 Å². The zero-order chi connectivity index (χ0) is 14.4. The quantitative estimate of drug-likeness (QED) is 0.535. The van der Waals surface area contributed by atoms with E-state index < -0.39 is 0 Å². The summed E-state index contributed by atoms with van der Waals surface area (Å²) in [5, 5.41) is 6.44. The minimum atomic E-state index is -0.129. The van der Waals surface area contributed by atoms with Gasteiger partial charge in [-0.3, -0.25) is 4.79 Å². The van der Waals surface area contributed by atoms with Gasteiger partial charge >= 0.3 is 0 Å².